The molecule has 1 aliphatic rings. The summed E-state index contributed by atoms with van der Waals surface area (Å²) in [4.78, 5) is 31.5. The highest BCUT2D eigenvalue weighted by Gasteiger charge is 2.34. The van der Waals surface area contributed by atoms with Gasteiger partial charge in [-0.05, 0) is 30.9 Å². The topological polar surface area (TPSA) is 62.3 Å². The van der Waals surface area contributed by atoms with Crippen molar-refractivity contribution in [2.75, 3.05) is 11.9 Å². The summed E-state index contributed by atoms with van der Waals surface area (Å²) in [6.07, 6.45) is 4.26. The summed E-state index contributed by atoms with van der Waals surface area (Å²) in [7, 11) is 0. The minimum Gasteiger partial charge on any atom is -0.331 e. The number of anilines is 1. The third-order valence-electron chi connectivity index (χ3n) is 4.70. The first kappa shape index (κ1) is 17.9. The standard InChI is InChI=1S/C19H25N3O2S/c1-3-7-13(2)12-17(23)22-11-6-9-15(22)18(24)21-19-20-14-8-4-5-10-16(14)25-19/h4-5,8,10,13,15H,3,6-7,9,11-12H2,1-2H3,(H,20,21,24). The van der Waals surface area contributed by atoms with Crippen LogP contribution < -0.4 is 5.32 Å². The van der Waals surface area contributed by atoms with Crippen molar-refractivity contribution in [3.05, 3.63) is 24.3 Å². The van der Waals surface area contributed by atoms with E-state index in [2.05, 4.69) is 24.1 Å². The van der Waals surface area contributed by atoms with E-state index in [-0.39, 0.29) is 17.9 Å². The Bertz CT molecular complexity index is 725. The number of aromatic nitrogens is 1. The lowest BCUT2D eigenvalue weighted by Crippen LogP contribution is -2.43. The fraction of sp³-hybridized carbons (Fsp3) is 0.526. The Morgan fingerprint density at radius 2 is 2.20 bits per heavy atom. The molecule has 2 heterocycles. The number of carbonyl (C=O) groups is 2. The van der Waals surface area contributed by atoms with Crippen LogP contribution in [-0.4, -0.2) is 34.3 Å². The molecule has 2 aromatic rings. The fourth-order valence-corrected chi connectivity index (χ4v) is 4.33. The van der Waals surface area contributed by atoms with Crippen molar-refractivity contribution in [3.8, 4) is 0 Å². The number of para-hydroxylation sites is 1. The van der Waals surface area contributed by atoms with Gasteiger partial charge in [-0.3, -0.25) is 9.59 Å². The van der Waals surface area contributed by atoms with Crippen LogP contribution >= 0.6 is 11.3 Å². The SMILES string of the molecule is CCCC(C)CC(=O)N1CCCC1C(=O)Nc1nc2ccccc2s1. The molecular formula is C19H25N3O2S. The number of amides is 2. The molecule has 0 saturated carbocycles. The number of benzene rings is 1. The maximum absolute atomic E-state index is 12.7. The molecule has 1 N–H and O–H groups in total. The zero-order valence-electron chi connectivity index (χ0n) is 14.8. The van der Waals surface area contributed by atoms with Gasteiger partial charge in [0.15, 0.2) is 5.13 Å². The predicted molar refractivity (Wildman–Crippen MR) is 102 cm³/mol. The van der Waals surface area contributed by atoms with Gasteiger partial charge in [0, 0.05) is 13.0 Å². The van der Waals surface area contributed by atoms with Crippen LogP contribution in [0.1, 0.15) is 46.0 Å². The summed E-state index contributed by atoms with van der Waals surface area (Å²) in [6.45, 7) is 4.91. The predicted octanol–water partition coefficient (Wildman–Crippen LogP) is 4.05. The highest BCUT2D eigenvalue weighted by atomic mass is 32.1. The first-order valence-electron chi connectivity index (χ1n) is 9.04. The first-order valence-corrected chi connectivity index (χ1v) is 9.86. The highest BCUT2D eigenvalue weighted by Crippen LogP contribution is 2.27. The number of nitrogens with one attached hydrogen (secondary N) is 1. The van der Waals surface area contributed by atoms with Crippen molar-refractivity contribution in [1.82, 2.24) is 9.88 Å². The second-order valence-corrected chi connectivity index (χ2v) is 7.85. The van der Waals surface area contributed by atoms with Gasteiger partial charge in [-0.15, -0.1) is 0 Å². The number of hydrogen-bond donors (Lipinski definition) is 1. The van der Waals surface area contributed by atoms with Crippen molar-refractivity contribution < 1.29 is 9.59 Å². The maximum Gasteiger partial charge on any atom is 0.248 e. The van der Waals surface area contributed by atoms with E-state index in [0.717, 1.165) is 35.9 Å². The normalized spacial score (nSPS) is 18.5. The molecular weight excluding hydrogens is 334 g/mol. The van der Waals surface area contributed by atoms with Crippen LogP contribution in [0.3, 0.4) is 0 Å². The minimum atomic E-state index is -0.367. The van der Waals surface area contributed by atoms with Crippen molar-refractivity contribution >= 4 is 38.5 Å². The number of rotatable bonds is 6. The molecule has 2 atom stereocenters. The van der Waals surface area contributed by atoms with Crippen LogP contribution in [0, 0.1) is 5.92 Å². The van der Waals surface area contributed by atoms with Crippen molar-refractivity contribution in [2.24, 2.45) is 5.92 Å². The molecule has 3 rings (SSSR count). The molecule has 1 aromatic carbocycles. The first-order chi connectivity index (χ1) is 12.1. The monoisotopic (exact) mass is 359 g/mol. The van der Waals surface area contributed by atoms with E-state index in [1.165, 1.54) is 11.3 Å². The lowest BCUT2D eigenvalue weighted by molar-refractivity contribution is -0.137. The van der Waals surface area contributed by atoms with Gasteiger partial charge < -0.3 is 10.2 Å². The number of thiazole rings is 1. The molecule has 134 valence electrons. The molecule has 0 spiro atoms. The Kier molecular flexibility index (Phi) is 5.68. The van der Waals surface area contributed by atoms with Crippen LogP contribution in [0.25, 0.3) is 10.2 Å². The van der Waals surface area contributed by atoms with Gasteiger partial charge in [0.25, 0.3) is 0 Å². The van der Waals surface area contributed by atoms with Crippen molar-refractivity contribution in [1.29, 1.82) is 0 Å². The van der Waals surface area contributed by atoms with Gasteiger partial charge in [0.2, 0.25) is 11.8 Å². The second-order valence-electron chi connectivity index (χ2n) is 6.82. The van der Waals surface area contributed by atoms with Gasteiger partial charge in [-0.2, -0.15) is 0 Å². The van der Waals surface area contributed by atoms with Crippen LogP contribution in [-0.2, 0) is 9.59 Å². The number of carbonyl (C=O) groups excluding carboxylic acids is 2. The minimum absolute atomic E-state index is 0.0999. The molecule has 25 heavy (non-hydrogen) atoms. The Morgan fingerprint density at radius 1 is 1.40 bits per heavy atom. The zero-order chi connectivity index (χ0) is 17.8. The van der Waals surface area contributed by atoms with E-state index < -0.39 is 0 Å². The number of hydrogen-bond acceptors (Lipinski definition) is 4. The van der Waals surface area contributed by atoms with E-state index in [0.29, 0.717) is 24.0 Å². The molecule has 0 bridgehead atoms. The number of fused-ring (bicyclic) bond motifs is 1. The van der Waals surface area contributed by atoms with Crippen molar-refractivity contribution in [3.63, 3.8) is 0 Å². The molecule has 5 nitrogen and oxygen atoms in total. The summed E-state index contributed by atoms with van der Waals surface area (Å²) in [5, 5.41) is 3.51. The Labute approximate surface area is 152 Å². The number of likely N-dealkylation sites (tertiary alicyclic amines) is 1. The molecule has 1 fully saturated rings. The van der Waals surface area contributed by atoms with E-state index in [1.54, 1.807) is 4.90 Å². The molecule has 6 heteroatoms. The summed E-state index contributed by atoms with van der Waals surface area (Å²) < 4.78 is 1.05. The molecule has 0 radical (unpaired) electrons. The molecule has 2 amide bonds. The zero-order valence-corrected chi connectivity index (χ0v) is 15.6. The molecule has 0 aliphatic carbocycles. The largest absolute Gasteiger partial charge is 0.331 e. The maximum atomic E-state index is 12.7. The lowest BCUT2D eigenvalue weighted by atomic mass is 10.0. The molecule has 1 saturated heterocycles. The van der Waals surface area contributed by atoms with Crippen molar-refractivity contribution in [2.45, 2.75) is 52.0 Å². The van der Waals surface area contributed by atoms with Gasteiger partial charge in [-0.1, -0.05) is 50.2 Å². The Morgan fingerprint density at radius 3 is 2.96 bits per heavy atom. The van der Waals surface area contributed by atoms with Gasteiger partial charge in [0.1, 0.15) is 6.04 Å². The smallest absolute Gasteiger partial charge is 0.248 e. The average Bonchev–Trinajstić information content (AvgIpc) is 3.21. The molecule has 2 unspecified atom stereocenters. The van der Waals surface area contributed by atoms with Gasteiger partial charge >= 0.3 is 0 Å². The van der Waals surface area contributed by atoms with Crippen LogP contribution in [0.2, 0.25) is 0 Å². The number of nitrogens with zero attached hydrogens (tertiary/aromatic N) is 2. The summed E-state index contributed by atoms with van der Waals surface area (Å²) in [5.41, 5.74) is 0.885. The van der Waals surface area contributed by atoms with Crippen LogP contribution in [0.15, 0.2) is 24.3 Å². The Hall–Kier alpha value is -1.95. The summed E-state index contributed by atoms with van der Waals surface area (Å²) in [6, 6.07) is 7.45. The third kappa shape index (κ3) is 4.18. The molecule has 1 aromatic heterocycles. The lowest BCUT2D eigenvalue weighted by Gasteiger charge is -2.25. The highest BCUT2D eigenvalue weighted by molar-refractivity contribution is 7.22. The molecule has 1 aliphatic heterocycles. The van der Waals surface area contributed by atoms with Crippen LogP contribution in [0.4, 0.5) is 5.13 Å². The third-order valence-corrected chi connectivity index (χ3v) is 5.66. The van der Waals surface area contributed by atoms with Gasteiger partial charge in [0.05, 0.1) is 10.2 Å². The summed E-state index contributed by atoms with van der Waals surface area (Å²) >= 11 is 1.46. The quantitative estimate of drug-likeness (QED) is 0.846. The van der Waals surface area contributed by atoms with Crippen LogP contribution in [0.5, 0.6) is 0 Å². The van der Waals surface area contributed by atoms with E-state index >= 15 is 0 Å². The summed E-state index contributed by atoms with van der Waals surface area (Å²) in [5.74, 6) is 0.349. The fourth-order valence-electron chi connectivity index (χ4n) is 3.46. The second kappa shape index (κ2) is 7.95. The van der Waals surface area contributed by atoms with E-state index in [9.17, 15) is 9.59 Å². The average molecular weight is 359 g/mol. The van der Waals surface area contributed by atoms with E-state index in [1.807, 2.05) is 24.3 Å². The Balaban J connectivity index is 1.64. The van der Waals surface area contributed by atoms with Gasteiger partial charge in [-0.25, -0.2) is 4.98 Å². The van der Waals surface area contributed by atoms with E-state index in [4.69, 9.17) is 0 Å².